The average Bonchev–Trinajstić information content (AvgIpc) is 3.36. The van der Waals surface area contributed by atoms with E-state index in [0.717, 1.165) is 28.4 Å². The molecule has 2 aromatic heterocycles. The Labute approximate surface area is 167 Å². The van der Waals surface area contributed by atoms with Gasteiger partial charge in [0.1, 0.15) is 11.8 Å². The second-order valence-electron chi connectivity index (χ2n) is 6.61. The van der Waals surface area contributed by atoms with E-state index in [9.17, 15) is 4.79 Å². The zero-order valence-corrected chi connectivity index (χ0v) is 16.3. The minimum atomic E-state index is -0.343. The predicted octanol–water partition coefficient (Wildman–Crippen LogP) is 4.60. The smallest absolute Gasteiger partial charge is 0.242 e. The molecule has 0 spiro atoms. The van der Waals surface area contributed by atoms with Crippen molar-refractivity contribution < 1.29 is 9.21 Å². The van der Waals surface area contributed by atoms with Crippen molar-refractivity contribution in [3.8, 4) is 0 Å². The molecule has 2 heterocycles. The summed E-state index contributed by atoms with van der Waals surface area (Å²) in [6.07, 6.45) is 2.40. The van der Waals surface area contributed by atoms with Gasteiger partial charge in [-0.1, -0.05) is 24.3 Å². The van der Waals surface area contributed by atoms with Gasteiger partial charge in [-0.2, -0.15) is 0 Å². The molecule has 4 rings (SSSR count). The molecule has 5 nitrogen and oxygen atoms in total. The number of carbonyl (C=O) groups is 1. The van der Waals surface area contributed by atoms with Gasteiger partial charge in [-0.05, 0) is 48.9 Å². The van der Waals surface area contributed by atoms with Crippen molar-refractivity contribution >= 4 is 33.1 Å². The molecule has 0 saturated carbocycles. The van der Waals surface area contributed by atoms with E-state index in [1.165, 1.54) is 10.3 Å². The van der Waals surface area contributed by atoms with Gasteiger partial charge >= 0.3 is 0 Å². The van der Waals surface area contributed by atoms with Gasteiger partial charge in [0.25, 0.3) is 0 Å². The quantitative estimate of drug-likeness (QED) is 0.483. The fourth-order valence-electron chi connectivity index (χ4n) is 2.95. The summed E-state index contributed by atoms with van der Waals surface area (Å²) >= 11 is 1.73. The molecule has 6 heteroatoms. The van der Waals surface area contributed by atoms with Crippen LogP contribution in [-0.2, 0) is 17.8 Å². The van der Waals surface area contributed by atoms with Crippen LogP contribution in [-0.4, -0.2) is 16.9 Å². The number of para-hydroxylation sites is 1. The van der Waals surface area contributed by atoms with Crippen LogP contribution < -0.4 is 10.6 Å². The van der Waals surface area contributed by atoms with Gasteiger partial charge in [0.2, 0.25) is 5.91 Å². The molecule has 2 aromatic carbocycles. The number of carbonyl (C=O) groups excluding carboxylic acids is 1. The molecule has 2 N–H and O–H groups in total. The van der Waals surface area contributed by atoms with Crippen LogP contribution in [0.1, 0.15) is 23.3 Å². The van der Waals surface area contributed by atoms with Gasteiger partial charge in [0.05, 0.1) is 28.0 Å². The lowest BCUT2D eigenvalue weighted by Crippen LogP contribution is -2.37. The van der Waals surface area contributed by atoms with E-state index in [4.69, 9.17) is 4.42 Å². The normalized spacial score (nSPS) is 12.0. The average molecular weight is 391 g/mol. The molecule has 0 unspecified atom stereocenters. The van der Waals surface area contributed by atoms with Crippen LogP contribution in [0.5, 0.6) is 0 Å². The van der Waals surface area contributed by atoms with Crippen molar-refractivity contribution in [1.29, 1.82) is 0 Å². The fraction of sp³-hybridized carbons (Fsp3) is 0.182. The van der Waals surface area contributed by atoms with E-state index in [2.05, 4.69) is 33.8 Å². The minimum Gasteiger partial charge on any atom is -0.467 e. The SMILES string of the molecule is C[C@@H](Nc1ccc(Cc2nc3ccccc3s2)cc1)C(=O)NCc1ccco1. The van der Waals surface area contributed by atoms with Crippen LogP contribution >= 0.6 is 11.3 Å². The number of nitrogens with one attached hydrogen (secondary N) is 2. The van der Waals surface area contributed by atoms with Gasteiger partial charge in [-0.3, -0.25) is 4.79 Å². The Kier molecular flexibility index (Phi) is 5.39. The second kappa shape index (κ2) is 8.27. The highest BCUT2D eigenvalue weighted by molar-refractivity contribution is 7.18. The first-order valence-electron chi connectivity index (χ1n) is 9.17. The summed E-state index contributed by atoms with van der Waals surface area (Å²) in [7, 11) is 0. The Morgan fingerprint density at radius 3 is 2.68 bits per heavy atom. The Balaban J connectivity index is 1.32. The molecule has 0 aliphatic heterocycles. The number of aromatic nitrogens is 1. The molecule has 1 amide bonds. The standard InChI is InChI=1S/C22H21N3O2S/c1-15(22(26)23-14-18-5-4-12-27-18)24-17-10-8-16(9-11-17)13-21-25-19-6-2-3-7-20(19)28-21/h2-12,15,24H,13-14H2,1H3,(H,23,26)/t15-/m1/s1. The Bertz CT molecular complexity index is 1020. The predicted molar refractivity (Wildman–Crippen MR) is 113 cm³/mol. The van der Waals surface area contributed by atoms with Gasteiger partial charge in [0.15, 0.2) is 0 Å². The molecule has 0 bridgehead atoms. The zero-order valence-electron chi connectivity index (χ0n) is 15.5. The molecule has 0 saturated heterocycles. The first-order valence-corrected chi connectivity index (χ1v) is 9.99. The molecule has 4 aromatic rings. The topological polar surface area (TPSA) is 67.2 Å². The summed E-state index contributed by atoms with van der Waals surface area (Å²) in [6.45, 7) is 2.23. The molecule has 0 fully saturated rings. The van der Waals surface area contributed by atoms with Gasteiger partial charge in [-0.25, -0.2) is 4.98 Å². The number of furan rings is 1. The van der Waals surface area contributed by atoms with Crippen LogP contribution in [0.4, 0.5) is 5.69 Å². The number of amides is 1. The van der Waals surface area contributed by atoms with Crippen molar-refractivity contribution in [2.75, 3.05) is 5.32 Å². The van der Waals surface area contributed by atoms with Crippen LogP contribution in [0.2, 0.25) is 0 Å². The zero-order chi connectivity index (χ0) is 19.3. The van der Waals surface area contributed by atoms with E-state index in [0.29, 0.717) is 6.54 Å². The summed E-state index contributed by atoms with van der Waals surface area (Å²) in [6, 6.07) is 19.6. The number of fused-ring (bicyclic) bond motifs is 1. The first-order chi connectivity index (χ1) is 13.7. The second-order valence-corrected chi connectivity index (χ2v) is 7.73. The summed E-state index contributed by atoms with van der Waals surface area (Å²) in [4.78, 5) is 16.9. The highest BCUT2D eigenvalue weighted by Gasteiger charge is 2.13. The fourth-order valence-corrected chi connectivity index (χ4v) is 3.95. The lowest BCUT2D eigenvalue weighted by molar-refractivity contribution is -0.121. The number of hydrogen-bond donors (Lipinski definition) is 2. The highest BCUT2D eigenvalue weighted by Crippen LogP contribution is 2.24. The van der Waals surface area contributed by atoms with Gasteiger partial charge < -0.3 is 15.1 Å². The largest absolute Gasteiger partial charge is 0.467 e. The molecule has 0 radical (unpaired) electrons. The molecule has 1 atom stereocenters. The summed E-state index contributed by atoms with van der Waals surface area (Å²) in [5.74, 6) is 0.662. The molecule has 28 heavy (non-hydrogen) atoms. The van der Waals surface area contributed by atoms with Crippen LogP contribution in [0.15, 0.2) is 71.3 Å². The lowest BCUT2D eigenvalue weighted by Gasteiger charge is -2.15. The number of thiazole rings is 1. The summed E-state index contributed by atoms with van der Waals surface area (Å²) in [5, 5.41) is 7.19. The third-order valence-electron chi connectivity index (χ3n) is 4.44. The maximum atomic E-state index is 12.2. The Morgan fingerprint density at radius 2 is 1.93 bits per heavy atom. The Hall–Kier alpha value is -3.12. The van der Waals surface area contributed by atoms with Crippen molar-refractivity contribution in [1.82, 2.24) is 10.3 Å². The van der Waals surface area contributed by atoms with E-state index in [1.807, 2.05) is 43.3 Å². The van der Waals surface area contributed by atoms with Crippen LogP contribution in [0, 0.1) is 0 Å². The van der Waals surface area contributed by atoms with Crippen LogP contribution in [0.25, 0.3) is 10.2 Å². The van der Waals surface area contributed by atoms with Crippen molar-refractivity contribution in [3.63, 3.8) is 0 Å². The number of benzene rings is 2. The maximum Gasteiger partial charge on any atom is 0.242 e. The highest BCUT2D eigenvalue weighted by atomic mass is 32.1. The van der Waals surface area contributed by atoms with E-state index in [-0.39, 0.29) is 11.9 Å². The summed E-state index contributed by atoms with van der Waals surface area (Å²) < 4.78 is 6.44. The van der Waals surface area contributed by atoms with Gasteiger partial charge in [0, 0.05) is 12.1 Å². The molecular formula is C22H21N3O2S. The minimum absolute atomic E-state index is 0.0741. The number of nitrogens with zero attached hydrogens (tertiary/aromatic N) is 1. The van der Waals surface area contributed by atoms with Crippen molar-refractivity contribution in [2.45, 2.75) is 25.9 Å². The van der Waals surface area contributed by atoms with Gasteiger partial charge in [-0.15, -0.1) is 11.3 Å². The lowest BCUT2D eigenvalue weighted by atomic mass is 10.1. The van der Waals surface area contributed by atoms with Crippen molar-refractivity contribution in [2.24, 2.45) is 0 Å². The Morgan fingerprint density at radius 1 is 1.11 bits per heavy atom. The maximum absolute atomic E-state index is 12.2. The van der Waals surface area contributed by atoms with E-state index in [1.54, 1.807) is 23.7 Å². The third kappa shape index (κ3) is 4.40. The number of hydrogen-bond acceptors (Lipinski definition) is 5. The number of anilines is 1. The molecule has 0 aliphatic carbocycles. The number of rotatable bonds is 7. The molecular weight excluding hydrogens is 370 g/mol. The van der Waals surface area contributed by atoms with Crippen molar-refractivity contribution in [3.05, 3.63) is 83.3 Å². The van der Waals surface area contributed by atoms with E-state index < -0.39 is 0 Å². The molecule has 0 aliphatic rings. The molecule has 142 valence electrons. The van der Waals surface area contributed by atoms with E-state index >= 15 is 0 Å². The summed E-state index contributed by atoms with van der Waals surface area (Å²) in [5.41, 5.74) is 3.16. The first kappa shape index (κ1) is 18.3. The monoisotopic (exact) mass is 391 g/mol. The third-order valence-corrected chi connectivity index (χ3v) is 5.48. The van der Waals surface area contributed by atoms with Crippen LogP contribution in [0.3, 0.4) is 0 Å².